The van der Waals surface area contributed by atoms with Gasteiger partial charge in [-0.2, -0.15) is 0 Å². The van der Waals surface area contributed by atoms with Crippen LogP contribution in [0.2, 0.25) is 0 Å². The molecular formula is C13H26N2OS. The van der Waals surface area contributed by atoms with Gasteiger partial charge in [-0.3, -0.25) is 4.21 Å². The zero-order chi connectivity index (χ0) is 11.9. The van der Waals surface area contributed by atoms with E-state index < -0.39 is 10.8 Å². The lowest BCUT2D eigenvalue weighted by atomic mass is 10.1. The van der Waals surface area contributed by atoms with Crippen LogP contribution in [-0.2, 0) is 10.8 Å². The van der Waals surface area contributed by atoms with Gasteiger partial charge in [-0.05, 0) is 58.3 Å². The summed E-state index contributed by atoms with van der Waals surface area (Å²) in [6, 6.07) is 0.633. The van der Waals surface area contributed by atoms with E-state index in [1.54, 1.807) is 0 Å². The van der Waals surface area contributed by atoms with Crippen molar-refractivity contribution >= 4 is 10.8 Å². The summed E-state index contributed by atoms with van der Waals surface area (Å²) in [5.74, 6) is 1.81. The first-order valence-corrected chi connectivity index (χ1v) is 8.64. The SMILES string of the molecule is O=S1CCC(NCCCN2CCCCC2)CC1. The average molecular weight is 258 g/mol. The zero-order valence-electron chi connectivity index (χ0n) is 10.8. The van der Waals surface area contributed by atoms with E-state index in [9.17, 15) is 4.21 Å². The van der Waals surface area contributed by atoms with Gasteiger partial charge in [-0.25, -0.2) is 0 Å². The highest BCUT2D eigenvalue weighted by molar-refractivity contribution is 7.85. The first-order valence-electron chi connectivity index (χ1n) is 7.15. The van der Waals surface area contributed by atoms with Crippen LogP contribution < -0.4 is 5.32 Å². The molecule has 3 nitrogen and oxygen atoms in total. The zero-order valence-corrected chi connectivity index (χ0v) is 11.6. The number of hydrogen-bond acceptors (Lipinski definition) is 3. The second kappa shape index (κ2) is 7.49. The van der Waals surface area contributed by atoms with E-state index in [0.717, 1.165) is 30.9 Å². The molecule has 0 aromatic rings. The molecule has 2 aliphatic heterocycles. The van der Waals surface area contributed by atoms with Crippen LogP contribution in [0.4, 0.5) is 0 Å². The largest absolute Gasteiger partial charge is 0.314 e. The number of rotatable bonds is 5. The van der Waals surface area contributed by atoms with Crippen LogP contribution >= 0.6 is 0 Å². The van der Waals surface area contributed by atoms with Crippen LogP contribution in [0.5, 0.6) is 0 Å². The Bertz CT molecular complexity index is 232. The van der Waals surface area contributed by atoms with Crippen LogP contribution in [0.3, 0.4) is 0 Å². The minimum atomic E-state index is -0.520. The van der Waals surface area contributed by atoms with E-state index in [1.807, 2.05) is 0 Å². The summed E-state index contributed by atoms with van der Waals surface area (Å²) in [5.41, 5.74) is 0. The topological polar surface area (TPSA) is 32.3 Å². The predicted octanol–water partition coefficient (Wildman–Crippen LogP) is 1.36. The van der Waals surface area contributed by atoms with E-state index in [2.05, 4.69) is 10.2 Å². The number of piperidine rings is 1. The molecule has 0 radical (unpaired) electrons. The monoisotopic (exact) mass is 258 g/mol. The molecule has 0 aliphatic carbocycles. The lowest BCUT2D eigenvalue weighted by Crippen LogP contribution is -2.38. The Morgan fingerprint density at radius 2 is 1.82 bits per heavy atom. The van der Waals surface area contributed by atoms with E-state index in [-0.39, 0.29) is 0 Å². The molecule has 1 N–H and O–H groups in total. The quantitative estimate of drug-likeness (QED) is 0.756. The Kier molecular flexibility index (Phi) is 5.95. The standard InChI is InChI=1S/C13H26N2OS/c16-17-11-5-13(6-12-17)14-7-4-10-15-8-2-1-3-9-15/h13-14H,1-12H2. The van der Waals surface area contributed by atoms with Crippen molar-refractivity contribution in [3.63, 3.8) is 0 Å². The Hall–Kier alpha value is 0.0700. The van der Waals surface area contributed by atoms with Crippen molar-refractivity contribution in [2.45, 2.75) is 44.6 Å². The predicted molar refractivity (Wildman–Crippen MR) is 73.8 cm³/mol. The van der Waals surface area contributed by atoms with E-state index in [4.69, 9.17) is 0 Å². The first kappa shape index (κ1) is 13.5. The Morgan fingerprint density at radius 1 is 1.12 bits per heavy atom. The maximum absolute atomic E-state index is 11.2. The first-order chi connectivity index (χ1) is 8.34. The average Bonchev–Trinajstić information content (AvgIpc) is 2.38. The molecule has 0 atom stereocenters. The van der Waals surface area contributed by atoms with Gasteiger partial charge in [0.1, 0.15) is 0 Å². The minimum Gasteiger partial charge on any atom is -0.314 e. The van der Waals surface area contributed by atoms with Crippen molar-refractivity contribution in [3.8, 4) is 0 Å². The molecule has 0 unspecified atom stereocenters. The molecule has 2 heterocycles. The maximum Gasteiger partial charge on any atom is 0.0249 e. The summed E-state index contributed by atoms with van der Waals surface area (Å²) in [5, 5.41) is 3.62. The molecule has 2 aliphatic rings. The Morgan fingerprint density at radius 3 is 2.53 bits per heavy atom. The van der Waals surface area contributed by atoms with Gasteiger partial charge in [0.05, 0.1) is 0 Å². The highest BCUT2D eigenvalue weighted by atomic mass is 32.2. The fourth-order valence-electron chi connectivity index (χ4n) is 2.79. The van der Waals surface area contributed by atoms with Gasteiger partial charge in [0.15, 0.2) is 0 Å². The van der Waals surface area contributed by atoms with E-state index in [0.29, 0.717) is 6.04 Å². The number of nitrogens with one attached hydrogen (secondary N) is 1. The molecular weight excluding hydrogens is 232 g/mol. The van der Waals surface area contributed by atoms with Crippen LogP contribution in [0.15, 0.2) is 0 Å². The molecule has 2 rings (SSSR count). The summed E-state index contributed by atoms with van der Waals surface area (Å²) in [6.07, 6.45) is 7.68. The molecule has 0 aromatic heterocycles. The second-order valence-corrected chi connectivity index (χ2v) is 7.03. The molecule has 0 bridgehead atoms. The second-order valence-electron chi connectivity index (χ2n) is 5.33. The lowest BCUT2D eigenvalue weighted by Gasteiger charge is -2.27. The van der Waals surface area contributed by atoms with Crippen molar-refractivity contribution in [1.82, 2.24) is 10.2 Å². The van der Waals surface area contributed by atoms with Crippen LogP contribution in [-0.4, -0.2) is 52.8 Å². The lowest BCUT2D eigenvalue weighted by molar-refractivity contribution is 0.224. The number of hydrogen-bond donors (Lipinski definition) is 1. The van der Waals surface area contributed by atoms with Crippen LogP contribution in [0, 0.1) is 0 Å². The summed E-state index contributed by atoms with van der Waals surface area (Å²) in [7, 11) is -0.520. The summed E-state index contributed by atoms with van der Waals surface area (Å²) < 4.78 is 11.2. The summed E-state index contributed by atoms with van der Waals surface area (Å²) in [4.78, 5) is 2.60. The van der Waals surface area contributed by atoms with Gasteiger partial charge in [-0.1, -0.05) is 6.42 Å². The summed E-state index contributed by atoms with van der Waals surface area (Å²) in [6.45, 7) is 5.00. The van der Waals surface area contributed by atoms with Crippen molar-refractivity contribution in [2.75, 3.05) is 37.7 Å². The Labute approximate surface area is 108 Å². The number of likely N-dealkylation sites (tertiary alicyclic amines) is 1. The third-order valence-electron chi connectivity index (χ3n) is 3.92. The maximum atomic E-state index is 11.2. The molecule has 0 aromatic carbocycles. The molecule has 2 fully saturated rings. The number of nitrogens with zero attached hydrogens (tertiary/aromatic N) is 1. The summed E-state index contributed by atoms with van der Waals surface area (Å²) >= 11 is 0. The Balaban J connectivity index is 1.49. The highest BCUT2D eigenvalue weighted by Crippen LogP contribution is 2.10. The van der Waals surface area contributed by atoms with E-state index >= 15 is 0 Å². The van der Waals surface area contributed by atoms with Crippen molar-refractivity contribution in [1.29, 1.82) is 0 Å². The van der Waals surface area contributed by atoms with Crippen LogP contribution in [0.25, 0.3) is 0 Å². The van der Waals surface area contributed by atoms with Gasteiger partial charge < -0.3 is 10.2 Å². The molecule has 4 heteroatoms. The molecule has 0 spiro atoms. The highest BCUT2D eigenvalue weighted by Gasteiger charge is 2.17. The van der Waals surface area contributed by atoms with E-state index in [1.165, 1.54) is 45.3 Å². The minimum absolute atomic E-state index is 0.520. The molecule has 17 heavy (non-hydrogen) atoms. The molecule has 0 amide bonds. The smallest absolute Gasteiger partial charge is 0.0249 e. The van der Waals surface area contributed by atoms with Crippen LogP contribution in [0.1, 0.15) is 38.5 Å². The molecule has 100 valence electrons. The van der Waals surface area contributed by atoms with Gasteiger partial charge in [0.2, 0.25) is 0 Å². The van der Waals surface area contributed by atoms with Gasteiger partial charge in [0, 0.05) is 28.3 Å². The molecule has 2 saturated heterocycles. The van der Waals surface area contributed by atoms with Crippen molar-refractivity contribution < 1.29 is 4.21 Å². The van der Waals surface area contributed by atoms with Crippen molar-refractivity contribution in [2.24, 2.45) is 0 Å². The normalized spacial score (nSPS) is 31.5. The van der Waals surface area contributed by atoms with Crippen molar-refractivity contribution in [3.05, 3.63) is 0 Å². The third-order valence-corrected chi connectivity index (χ3v) is 5.30. The fraction of sp³-hybridized carbons (Fsp3) is 1.00. The van der Waals surface area contributed by atoms with Gasteiger partial charge in [-0.15, -0.1) is 0 Å². The molecule has 0 saturated carbocycles. The third kappa shape index (κ3) is 5.06. The van der Waals surface area contributed by atoms with Gasteiger partial charge >= 0.3 is 0 Å². The fourth-order valence-corrected chi connectivity index (χ4v) is 4.09. The van der Waals surface area contributed by atoms with Gasteiger partial charge in [0.25, 0.3) is 0 Å².